The predicted octanol–water partition coefficient (Wildman–Crippen LogP) is 0.821. The van der Waals surface area contributed by atoms with E-state index in [-0.39, 0.29) is 23.7 Å². The van der Waals surface area contributed by atoms with Crippen molar-refractivity contribution in [3.8, 4) is 0 Å². The minimum Gasteiger partial charge on any atom is -0.469 e. The lowest BCUT2D eigenvalue weighted by atomic mass is 9.69. The zero-order valence-corrected chi connectivity index (χ0v) is 10.6. The van der Waals surface area contributed by atoms with Gasteiger partial charge >= 0.3 is 5.97 Å². The Balaban J connectivity index is 2.19. The van der Waals surface area contributed by atoms with Crippen LogP contribution in [0.25, 0.3) is 0 Å². The van der Waals surface area contributed by atoms with Crippen molar-refractivity contribution in [3.05, 3.63) is 0 Å². The van der Waals surface area contributed by atoms with Crippen LogP contribution in [0.4, 0.5) is 0 Å². The molecule has 0 N–H and O–H groups in total. The van der Waals surface area contributed by atoms with Gasteiger partial charge in [-0.15, -0.1) is 0 Å². The van der Waals surface area contributed by atoms with Crippen LogP contribution in [0.1, 0.15) is 12.8 Å². The summed E-state index contributed by atoms with van der Waals surface area (Å²) >= 11 is 0. The van der Waals surface area contributed by atoms with Gasteiger partial charge < -0.3 is 18.9 Å². The number of carbonyl (C=O) groups is 1. The van der Waals surface area contributed by atoms with Crippen LogP contribution in [-0.4, -0.2) is 46.3 Å². The molecule has 17 heavy (non-hydrogen) atoms. The lowest BCUT2D eigenvalue weighted by Gasteiger charge is -2.51. The highest BCUT2D eigenvalue weighted by Gasteiger charge is 2.55. The average molecular weight is 244 g/mol. The monoisotopic (exact) mass is 244 g/mol. The molecule has 0 radical (unpaired) electrons. The zero-order valence-electron chi connectivity index (χ0n) is 10.6. The molecule has 1 aliphatic carbocycles. The molecule has 5 heteroatoms. The Morgan fingerprint density at radius 1 is 1.12 bits per heavy atom. The first-order valence-corrected chi connectivity index (χ1v) is 5.93. The molecule has 2 fully saturated rings. The summed E-state index contributed by atoms with van der Waals surface area (Å²) in [4.78, 5) is 11.6. The largest absolute Gasteiger partial charge is 0.469 e. The molecular formula is C12H20O5. The molecule has 5 nitrogen and oxygen atoms in total. The lowest BCUT2D eigenvalue weighted by molar-refractivity contribution is -0.323. The number of rotatable bonds is 3. The topological polar surface area (TPSA) is 54.0 Å². The summed E-state index contributed by atoms with van der Waals surface area (Å²) < 4.78 is 21.6. The summed E-state index contributed by atoms with van der Waals surface area (Å²) in [7, 11) is 4.75. The van der Waals surface area contributed by atoms with Crippen LogP contribution in [-0.2, 0) is 23.7 Å². The molecule has 0 amide bonds. The van der Waals surface area contributed by atoms with Gasteiger partial charge in [0, 0.05) is 26.1 Å². The minimum atomic E-state index is -0.594. The van der Waals surface area contributed by atoms with Crippen LogP contribution in [0.2, 0.25) is 0 Å². The van der Waals surface area contributed by atoms with Crippen LogP contribution >= 0.6 is 0 Å². The molecule has 0 spiro atoms. The molecule has 2 rings (SSSR count). The SMILES string of the molecule is COC(=O)C1CC2COCC(C1)C2(OC)OC. The highest BCUT2D eigenvalue weighted by atomic mass is 16.7. The van der Waals surface area contributed by atoms with Crippen molar-refractivity contribution >= 4 is 5.97 Å². The number of ether oxygens (including phenoxy) is 4. The molecule has 0 aromatic heterocycles. The van der Waals surface area contributed by atoms with Crippen LogP contribution in [0.5, 0.6) is 0 Å². The van der Waals surface area contributed by atoms with Gasteiger partial charge in [-0.3, -0.25) is 4.79 Å². The third kappa shape index (κ3) is 1.96. The third-order valence-corrected chi connectivity index (χ3v) is 4.09. The Hall–Kier alpha value is -0.650. The molecule has 2 bridgehead atoms. The fourth-order valence-electron chi connectivity index (χ4n) is 3.28. The van der Waals surface area contributed by atoms with E-state index < -0.39 is 5.79 Å². The number of methoxy groups -OCH3 is 3. The van der Waals surface area contributed by atoms with Gasteiger partial charge in [-0.05, 0) is 12.8 Å². The summed E-state index contributed by atoms with van der Waals surface area (Å²) in [5, 5.41) is 0. The molecule has 2 aliphatic rings. The molecule has 0 aromatic rings. The Kier molecular flexibility index (Phi) is 3.70. The van der Waals surface area contributed by atoms with Crippen LogP contribution in [0.3, 0.4) is 0 Å². The van der Waals surface area contributed by atoms with E-state index in [0.29, 0.717) is 26.1 Å². The van der Waals surface area contributed by atoms with Crippen molar-refractivity contribution in [1.29, 1.82) is 0 Å². The fourth-order valence-corrected chi connectivity index (χ4v) is 3.28. The second-order valence-electron chi connectivity index (χ2n) is 4.75. The third-order valence-electron chi connectivity index (χ3n) is 4.09. The minimum absolute atomic E-state index is 0.0580. The quantitative estimate of drug-likeness (QED) is 0.543. The molecule has 98 valence electrons. The number of fused-ring (bicyclic) bond motifs is 2. The average Bonchev–Trinajstić information content (AvgIpc) is 2.35. The second kappa shape index (κ2) is 4.92. The summed E-state index contributed by atoms with van der Waals surface area (Å²) in [5.41, 5.74) is 0. The molecular weight excluding hydrogens is 224 g/mol. The van der Waals surface area contributed by atoms with Crippen LogP contribution < -0.4 is 0 Å². The van der Waals surface area contributed by atoms with E-state index in [1.165, 1.54) is 7.11 Å². The van der Waals surface area contributed by atoms with Crippen molar-refractivity contribution in [2.75, 3.05) is 34.5 Å². The van der Waals surface area contributed by atoms with Crippen molar-refractivity contribution in [1.82, 2.24) is 0 Å². The van der Waals surface area contributed by atoms with Crippen molar-refractivity contribution in [2.45, 2.75) is 18.6 Å². The normalized spacial score (nSPS) is 35.4. The maximum absolute atomic E-state index is 11.6. The van der Waals surface area contributed by atoms with Gasteiger partial charge in [0.25, 0.3) is 0 Å². The molecule has 1 saturated carbocycles. The van der Waals surface area contributed by atoms with Crippen molar-refractivity contribution in [2.24, 2.45) is 17.8 Å². The second-order valence-corrected chi connectivity index (χ2v) is 4.75. The highest BCUT2D eigenvalue weighted by Crippen LogP contribution is 2.47. The molecule has 2 atom stereocenters. The van der Waals surface area contributed by atoms with Gasteiger partial charge in [0.05, 0.1) is 26.2 Å². The first-order chi connectivity index (χ1) is 8.17. The summed E-state index contributed by atoms with van der Waals surface area (Å²) in [6, 6.07) is 0. The van der Waals surface area contributed by atoms with Gasteiger partial charge in [-0.25, -0.2) is 0 Å². The first-order valence-electron chi connectivity index (χ1n) is 5.93. The van der Waals surface area contributed by atoms with Gasteiger partial charge in [0.2, 0.25) is 0 Å². The smallest absolute Gasteiger partial charge is 0.308 e. The molecule has 0 aromatic carbocycles. The first kappa shape index (κ1) is 12.8. The van der Waals surface area contributed by atoms with E-state index in [0.717, 1.165) is 0 Å². The van der Waals surface area contributed by atoms with Crippen molar-refractivity contribution in [3.63, 3.8) is 0 Å². The Morgan fingerprint density at radius 3 is 2.06 bits per heavy atom. The highest BCUT2D eigenvalue weighted by molar-refractivity contribution is 5.72. The standard InChI is InChI=1S/C12H20O5/c1-14-11(13)8-4-9-6-17-7-10(5-8)12(9,15-2)16-3/h8-10H,4-7H2,1-3H3. The van der Waals surface area contributed by atoms with E-state index in [2.05, 4.69) is 0 Å². The number of esters is 1. The Bertz CT molecular complexity index is 271. The fraction of sp³-hybridized carbons (Fsp3) is 0.917. The maximum Gasteiger partial charge on any atom is 0.308 e. The maximum atomic E-state index is 11.6. The van der Waals surface area contributed by atoms with Gasteiger partial charge in [-0.2, -0.15) is 0 Å². The molecule has 1 heterocycles. The summed E-state index contributed by atoms with van der Waals surface area (Å²) in [5.74, 6) is -0.605. The van der Waals surface area contributed by atoms with E-state index in [1.807, 2.05) is 0 Å². The van der Waals surface area contributed by atoms with Gasteiger partial charge in [0.1, 0.15) is 0 Å². The van der Waals surface area contributed by atoms with Gasteiger partial charge in [-0.1, -0.05) is 0 Å². The Morgan fingerprint density at radius 2 is 1.65 bits per heavy atom. The lowest BCUT2D eigenvalue weighted by Crippen LogP contribution is -2.59. The molecule has 1 saturated heterocycles. The van der Waals surface area contributed by atoms with E-state index in [9.17, 15) is 4.79 Å². The predicted molar refractivity (Wildman–Crippen MR) is 59.3 cm³/mol. The number of hydrogen-bond acceptors (Lipinski definition) is 5. The number of carbonyl (C=O) groups excluding carboxylic acids is 1. The van der Waals surface area contributed by atoms with E-state index in [4.69, 9.17) is 18.9 Å². The van der Waals surface area contributed by atoms with E-state index >= 15 is 0 Å². The van der Waals surface area contributed by atoms with Crippen molar-refractivity contribution < 1.29 is 23.7 Å². The van der Waals surface area contributed by atoms with Crippen LogP contribution in [0, 0.1) is 17.8 Å². The van der Waals surface area contributed by atoms with Crippen LogP contribution in [0.15, 0.2) is 0 Å². The zero-order chi connectivity index (χ0) is 12.5. The number of hydrogen-bond donors (Lipinski definition) is 0. The summed E-state index contributed by atoms with van der Waals surface area (Å²) in [6.07, 6.45) is 1.40. The molecule has 1 aliphatic heterocycles. The van der Waals surface area contributed by atoms with Gasteiger partial charge in [0.15, 0.2) is 5.79 Å². The summed E-state index contributed by atoms with van der Waals surface area (Å²) in [6.45, 7) is 1.15. The van der Waals surface area contributed by atoms with E-state index in [1.54, 1.807) is 14.2 Å². The molecule has 2 unspecified atom stereocenters. The Labute approximate surface area is 101 Å².